The highest BCUT2D eigenvalue weighted by Crippen LogP contribution is 2.33. The first kappa shape index (κ1) is 14.6. The second kappa shape index (κ2) is 7.13. The Balaban J connectivity index is 2.05. The van der Waals surface area contributed by atoms with Gasteiger partial charge in [-0.05, 0) is 30.8 Å². The summed E-state index contributed by atoms with van der Waals surface area (Å²) in [6.45, 7) is 10.1. The molecule has 1 aromatic carbocycles. The topological polar surface area (TPSA) is 24.5 Å². The lowest BCUT2D eigenvalue weighted by Crippen LogP contribution is -2.31. The molecule has 4 heteroatoms. The van der Waals surface area contributed by atoms with Gasteiger partial charge in [-0.2, -0.15) is 0 Å². The minimum Gasteiger partial charge on any atom is -0.493 e. The van der Waals surface area contributed by atoms with Crippen molar-refractivity contribution in [1.29, 1.82) is 0 Å². The Kier molecular flexibility index (Phi) is 5.49. The second-order valence-electron chi connectivity index (χ2n) is 4.87. The van der Waals surface area contributed by atoms with Crippen LogP contribution < -0.4 is 10.1 Å². The third-order valence-corrected chi connectivity index (χ3v) is 3.74. The maximum atomic E-state index is 6.20. The van der Waals surface area contributed by atoms with E-state index in [0.717, 1.165) is 56.5 Å². The van der Waals surface area contributed by atoms with Crippen LogP contribution in [0.3, 0.4) is 0 Å². The Morgan fingerprint density at radius 2 is 2.21 bits per heavy atom. The summed E-state index contributed by atoms with van der Waals surface area (Å²) in [5, 5.41) is 4.18. The number of rotatable bonds is 7. The smallest absolute Gasteiger partial charge is 0.127 e. The number of likely N-dealkylation sites (N-methyl/N-ethyl adjacent to an activating group) is 2. The van der Waals surface area contributed by atoms with Crippen LogP contribution in [0.25, 0.3) is 0 Å². The molecule has 0 spiro atoms. The van der Waals surface area contributed by atoms with Gasteiger partial charge in [-0.3, -0.25) is 4.90 Å². The summed E-state index contributed by atoms with van der Waals surface area (Å²) < 4.78 is 5.75. The van der Waals surface area contributed by atoms with Gasteiger partial charge in [-0.15, -0.1) is 0 Å². The normalized spacial score (nSPS) is 13.7. The third kappa shape index (κ3) is 3.85. The van der Waals surface area contributed by atoms with E-state index in [9.17, 15) is 0 Å². The van der Waals surface area contributed by atoms with Gasteiger partial charge < -0.3 is 10.1 Å². The molecule has 19 heavy (non-hydrogen) atoms. The van der Waals surface area contributed by atoms with Crippen LogP contribution in [0.5, 0.6) is 5.75 Å². The van der Waals surface area contributed by atoms with Crippen molar-refractivity contribution in [2.75, 3.05) is 32.8 Å². The van der Waals surface area contributed by atoms with E-state index >= 15 is 0 Å². The quantitative estimate of drug-likeness (QED) is 0.778. The minimum atomic E-state index is 0.784. The number of benzene rings is 1. The van der Waals surface area contributed by atoms with Crippen LogP contribution in [-0.4, -0.2) is 37.7 Å². The molecule has 0 saturated heterocycles. The van der Waals surface area contributed by atoms with Gasteiger partial charge in [0.15, 0.2) is 0 Å². The molecule has 0 aliphatic carbocycles. The third-order valence-electron chi connectivity index (χ3n) is 3.52. The zero-order valence-corrected chi connectivity index (χ0v) is 12.6. The molecule has 0 bridgehead atoms. The Bertz CT molecular complexity index is 423. The molecule has 1 heterocycles. The summed E-state index contributed by atoms with van der Waals surface area (Å²) in [7, 11) is 0. The van der Waals surface area contributed by atoms with Gasteiger partial charge in [-0.1, -0.05) is 25.4 Å². The fraction of sp³-hybridized carbons (Fsp3) is 0.600. The van der Waals surface area contributed by atoms with Crippen molar-refractivity contribution in [2.45, 2.75) is 26.8 Å². The zero-order chi connectivity index (χ0) is 13.7. The number of halogens is 1. The zero-order valence-electron chi connectivity index (χ0n) is 11.8. The summed E-state index contributed by atoms with van der Waals surface area (Å²) in [6, 6.07) is 4.07. The Morgan fingerprint density at radius 3 is 2.95 bits per heavy atom. The summed E-state index contributed by atoms with van der Waals surface area (Å²) in [5.74, 6) is 1.06. The highest BCUT2D eigenvalue weighted by molar-refractivity contribution is 6.30. The van der Waals surface area contributed by atoms with E-state index in [1.807, 2.05) is 12.1 Å². The van der Waals surface area contributed by atoms with Gasteiger partial charge in [0.05, 0.1) is 6.61 Å². The largest absolute Gasteiger partial charge is 0.493 e. The molecule has 0 saturated carbocycles. The number of fused-ring (bicyclic) bond motifs is 1. The van der Waals surface area contributed by atoms with E-state index in [1.165, 1.54) is 11.1 Å². The molecule has 0 amide bonds. The minimum absolute atomic E-state index is 0.784. The van der Waals surface area contributed by atoms with Crippen molar-refractivity contribution >= 4 is 11.6 Å². The van der Waals surface area contributed by atoms with Crippen molar-refractivity contribution in [2.24, 2.45) is 0 Å². The molecule has 1 aliphatic heterocycles. The molecule has 3 nitrogen and oxygen atoms in total. The van der Waals surface area contributed by atoms with Crippen LogP contribution in [0.2, 0.25) is 5.02 Å². The standard InChI is InChI=1S/C15H23ClN2O/c1-3-17-6-7-18(4-2)11-13-10-14(16)9-12-5-8-19-15(12)13/h9-10,17H,3-8,11H2,1-2H3. The van der Waals surface area contributed by atoms with Gasteiger partial charge in [0.2, 0.25) is 0 Å². The lowest BCUT2D eigenvalue weighted by molar-refractivity contribution is 0.272. The number of nitrogens with one attached hydrogen (secondary N) is 1. The highest BCUT2D eigenvalue weighted by atomic mass is 35.5. The van der Waals surface area contributed by atoms with Crippen LogP contribution in [0.1, 0.15) is 25.0 Å². The van der Waals surface area contributed by atoms with Crippen LogP contribution in [0, 0.1) is 0 Å². The fourth-order valence-electron chi connectivity index (χ4n) is 2.47. The van der Waals surface area contributed by atoms with Crippen molar-refractivity contribution < 1.29 is 4.74 Å². The number of nitrogens with zero attached hydrogens (tertiary/aromatic N) is 1. The van der Waals surface area contributed by atoms with Gasteiger partial charge >= 0.3 is 0 Å². The average molecular weight is 283 g/mol. The van der Waals surface area contributed by atoms with Gasteiger partial charge in [0.1, 0.15) is 5.75 Å². The SMILES string of the molecule is CCNCCN(CC)Cc1cc(Cl)cc2c1OCC2. The van der Waals surface area contributed by atoms with Crippen LogP contribution >= 0.6 is 11.6 Å². The van der Waals surface area contributed by atoms with E-state index in [0.29, 0.717) is 0 Å². The van der Waals surface area contributed by atoms with Crippen LogP contribution in [0.4, 0.5) is 0 Å². The molecule has 0 aromatic heterocycles. The summed E-state index contributed by atoms with van der Waals surface area (Å²) >= 11 is 6.20. The molecule has 0 radical (unpaired) electrons. The first-order valence-electron chi connectivity index (χ1n) is 7.11. The van der Waals surface area contributed by atoms with Crippen LogP contribution in [0.15, 0.2) is 12.1 Å². The molecule has 1 N–H and O–H groups in total. The molecule has 0 atom stereocenters. The summed E-state index contributed by atoms with van der Waals surface area (Å²) in [5.41, 5.74) is 2.48. The first-order chi connectivity index (χ1) is 9.24. The maximum absolute atomic E-state index is 6.20. The molecule has 1 aliphatic rings. The van der Waals surface area contributed by atoms with E-state index in [2.05, 4.69) is 24.1 Å². The monoisotopic (exact) mass is 282 g/mol. The van der Waals surface area contributed by atoms with Gasteiger partial charge in [0, 0.05) is 36.6 Å². The molecular weight excluding hydrogens is 260 g/mol. The highest BCUT2D eigenvalue weighted by Gasteiger charge is 2.18. The van der Waals surface area contributed by atoms with E-state index in [-0.39, 0.29) is 0 Å². The molecule has 0 unspecified atom stereocenters. The molecule has 0 fully saturated rings. The molecule has 106 valence electrons. The predicted octanol–water partition coefficient (Wildman–Crippen LogP) is 2.71. The van der Waals surface area contributed by atoms with Crippen molar-refractivity contribution in [3.63, 3.8) is 0 Å². The Hall–Kier alpha value is -0.770. The van der Waals surface area contributed by atoms with Gasteiger partial charge in [-0.25, -0.2) is 0 Å². The molecule has 2 rings (SSSR count). The fourth-order valence-corrected chi connectivity index (χ4v) is 2.73. The lowest BCUT2D eigenvalue weighted by Gasteiger charge is -2.22. The average Bonchev–Trinajstić information content (AvgIpc) is 2.85. The van der Waals surface area contributed by atoms with Crippen molar-refractivity contribution in [1.82, 2.24) is 10.2 Å². The summed E-state index contributed by atoms with van der Waals surface area (Å²) in [4.78, 5) is 2.41. The summed E-state index contributed by atoms with van der Waals surface area (Å²) in [6.07, 6.45) is 0.979. The molecular formula is C15H23ClN2O. The van der Waals surface area contributed by atoms with Gasteiger partial charge in [0.25, 0.3) is 0 Å². The lowest BCUT2D eigenvalue weighted by atomic mass is 10.1. The maximum Gasteiger partial charge on any atom is 0.127 e. The van der Waals surface area contributed by atoms with Crippen molar-refractivity contribution in [3.8, 4) is 5.75 Å². The Labute approximate surface area is 120 Å². The number of ether oxygens (including phenoxy) is 1. The van der Waals surface area contributed by atoms with E-state index < -0.39 is 0 Å². The number of hydrogen-bond acceptors (Lipinski definition) is 3. The van der Waals surface area contributed by atoms with Crippen LogP contribution in [-0.2, 0) is 13.0 Å². The number of hydrogen-bond donors (Lipinski definition) is 1. The van der Waals surface area contributed by atoms with Crippen molar-refractivity contribution in [3.05, 3.63) is 28.3 Å². The Morgan fingerprint density at radius 1 is 1.37 bits per heavy atom. The van der Waals surface area contributed by atoms with E-state index in [1.54, 1.807) is 0 Å². The van der Waals surface area contributed by atoms with E-state index in [4.69, 9.17) is 16.3 Å². The predicted molar refractivity (Wildman–Crippen MR) is 80.1 cm³/mol. The first-order valence-corrected chi connectivity index (χ1v) is 7.49. The molecule has 1 aromatic rings. The second-order valence-corrected chi connectivity index (χ2v) is 5.31.